The molecule has 0 saturated heterocycles. The summed E-state index contributed by atoms with van der Waals surface area (Å²) < 4.78 is 10.7. The van der Waals surface area contributed by atoms with Crippen LogP contribution in [0.3, 0.4) is 0 Å². The molecule has 0 aliphatic carbocycles. The predicted octanol–water partition coefficient (Wildman–Crippen LogP) is 4.09. The van der Waals surface area contributed by atoms with Crippen molar-refractivity contribution in [1.29, 1.82) is 0 Å². The van der Waals surface area contributed by atoms with Crippen LogP contribution in [0.4, 0.5) is 4.79 Å². The van der Waals surface area contributed by atoms with Crippen molar-refractivity contribution in [2.24, 2.45) is 4.99 Å². The van der Waals surface area contributed by atoms with E-state index in [0.717, 1.165) is 29.0 Å². The van der Waals surface area contributed by atoms with Gasteiger partial charge in [-0.25, -0.2) is 4.79 Å². The third kappa shape index (κ3) is 9.58. The Morgan fingerprint density at radius 2 is 1.77 bits per heavy atom. The largest absolute Gasteiger partial charge is 0.444 e. The van der Waals surface area contributed by atoms with Gasteiger partial charge >= 0.3 is 6.09 Å². The number of aryl methyl sites for hydroxylation is 1. The van der Waals surface area contributed by atoms with Crippen molar-refractivity contribution in [1.82, 2.24) is 20.7 Å². The highest BCUT2D eigenvalue weighted by molar-refractivity contribution is 14.0. The van der Waals surface area contributed by atoms with Crippen molar-refractivity contribution in [3.05, 3.63) is 52.9 Å². The van der Waals surface area contributed by atoms with Gasteiger partial charge < -0.3 is 24.8 Å². The molecule has 172 valence electrons. The monoisotopic (exact) mass is 543 g/mol. The predicted molar refractivity (Wildman–Crippen MR) is 132 cm³/mol. The van der Waals surface area contributed by atoms with E-state index >= 15 is 0 Å². The number of halogens is 1. The van der Waals surface area contributed by atoms with E-state index in [4.69, 9.17) is 9.26 Å². The minimum atomic E-state index is -0.501. The van der Waals surface area contributed by atoms with Gasteiger partial charge in [-0.3, -0.25) is 4.99 Å². The molecular weight excluding hydrogens is 509 g/mol. The number of hydrogen-bond acceptors (Lipinski definition) is 5. The van der Waals surface area contributed by atoms with Crippen LogP contribution >= 0.6 is 24.0 Å². The van der Waals surface area contributed by atoms with Crippen molar-refractivity contribution in [2.75, 3.05) is 14.1 Å². The summed E-state index contributed by atoms with van der Waals surface area (Å²) in [4.78, 5) is 17.9. The first kappa shape index (κ1) is 26.7. The Kier molecular flexibility index (Phi) is 10.8. The summed E-state index contributed by atoms with van der Waals surface area (Å²) in [5.74, 6) is 1.45. The van der Waals surface area contributed by atoms with Gasteiger partial charge in [-0.2, -0.15) is 0 Å². The Bertz CT molecular complexity index is 844. The van der Waals surface area contributed by atoms with Crippen LogP contribution in [-0.2, 0) is 30.8 Å². The lowest BCUT2D eigenvalue weighted by molar-refractivity contribution is 0.0285. The highest BCUT2D eigenvalue weighted by atomic mass is 127. The van der Waals surface area contributed by atoms with Gasteiger partial charge in [0.15, 0.2) is 11.7 Å². The van der Waals surface area contributed by atoms with Gasteiger partial charge in [-0.1, -0.05) is 36.3 Å². The normalized spacial score (nSPS) is 11.5. The van der Waals surface area contributed by atoms with Crippen molar-refractivity contribution in [3.63, 3.8) is 0 Å². The molecule has 8 nitrogen and oxygen atoms in total. The molecule has 0 spiro atoms. The Labute approximate surface area is 201 Å². The van der Waals surface area contributed by atoms with Gasteiger partial charge in [0.1, 0.15) is 5.60 Å². The van der Waals surface area contributed by atoms with E-state index in [1.54, 1.807) is 19.0 Å². The lowest BCUT2D eigenvalue weighted by Crippen LogP contribution is -2.36. The Balaban J connectivity index is 0.00000480. The summed E-state index contributed by atoms with van der Waals surface area (Å²) in [6, 6.07) is 10.0. The Hall–Kier alpha value is -2.30. The summed E-state index contributed by atoms with van der Waals surface area (Å²) in [5.41, 5.74) is 2.58. The first-order chi connectivity index (χ1) is 14.2. The molecule has 0 fully saturated rings. The second-order valence-corrected chi connectivity index (χ2v) is 8.07. The Morgan fingerprint density at radius 1 is 1.16 bits per heavy atom. The van der Waals surface area contributed by atoms with E-state index in [2.05, 4.69) is 20.8 Å². The van der Waals surface area contributed by atoms with Crippen LogP contribution in [0.5, 0.6) is 0 Å². The van der Waals surface area contributed by atoms with Gasteiger partial charge in [-0.15, -0.1) is 24.0 Å². The number of amides is 1. The van der Waals surface area contributed by atoms with Gasteiger partial charge in [0.2, 0.25) is 0 Å². The highest BCUT2D eigenvalue weighted by Gasteiger charge is 2.19. The standard InChI is InChI=1S/C22H33N5O3.HI/c1-7-18-12-19(30-26-18)14-25-20(23-5)24-13-16-8-10-17(11-9-16)15-27(6)21(28)29-22(2,3)4;/h8-12H,7,13-15H2,1-6H3,(H2,23,24,25);1H. The van der Waals surface area contributed by atoms with Gasteiger partial charge in [0.25, 0.3) is 0 Å². The summed E-state index contributed by atoms with van der Waals surface area (Å²) in [7, 11) is 3.46. The minimum absolute atomic E-state index is 0. The first-order valence-corrected chi connectivity index (χ1v) is 10.1. The average molecular weight is 543 g/mol. The number of benzene rings is 1. The molecule has 31 heavy (non-hydrogen) atoms. The molecule has 0 radical (unpaired) electrons. The molecule has 2 rings (SSSR count). The number of ether oxygens (including phenoxy) is 1. The molecule has 0 aliphatic rings. The molecule has 0 atom stereocenters. The van der Waals surface area contributed by atoms with E-state index in [9.17, 15) is 4.79 Å². The van der Waals surface area contributed by atoms with E-state index in [1.807, 2.05) is 58.0 Å². The first-order valence-electron chi connectivity index (χ1n) is 10.1. The molecule has 0 saturated carbocycles. The van der Waals surface area contributed by atoms with E-state index in [0.29, 0.717) is 25.6 Å². The molecule has 0 bridgehead atoms. The quantitative estimate of drug-likeness (QED) is 0.311. The van der Waals surface area contributed by atoms with E-state index in [-0.39, 0.29) is 30.1 Å². The van der Waals surface area contributed by atoms with Crippen LogP contribution < -0.4 is 10.6 Å². The fourth-order valence-electron chi connectivity index (χ4n) is 2.62. The van der Waals surface area contributed by atoms with Crippen LogP contribution in [0.25, 0.3) is 0 Å². The Morgan fingerprint density at radius 3 is 2.32 bits per heavy atom. The number of aliphatic imine (C=N–C) groups is 1. The number of carbonyl (C=O) groups is 1. The third-order valence-corrected chi connectivity index (χ3v) is 4.23. The number of rotatable bonds is 7. The van der Waals surface area contributed by atoms with Crippen LogP contribution in [0.2, 0.25) is 0 Å². The van der Waals surface area contributed by atoms with E-state index in [1.165, 1.54) is 0 Å². The molecule has 1 aromatic carbocycles. The van der Waals surface area contributed by atoms with Crippen molar-refractivity contribution in [3.8, 4) is 0 Å². The lowest BCUT2D eigenvalue weighted by atomic mass is 10.1. The number of hydrogen-bond donors (Lipinski definition) is 2. The maximum Gasteiger partial charge on any atom is 0.410 e. The molecule has 0 aliphatic heterocycles. The smallest absolute Gasteiger partial charge is 0.410 e. The van der Waals surface area contributed by atoms with Gasteiger partial charge in [-0.05, 0) is 38.3 Å². The zero-order valence-electron chi connectivity index (χ0n) is 19.2. The van der Waals surface area contributed by atoms with Crippen molar-refractivity contribution < 1.29 is 14.1 Å². The van der Waals surface area contributed by atoms with Crippen LogP contribution in [-0.4, -0.2) is 41.8 Å². The fraction of sp³-hybridized carbons (Fsp3) is 0.500. The van der Waals surface area contributed by atoms with Gasteiger partial charge in [0, 0.05) is 33.3 Å². The van der Waals surface area contributed by atoms with Crippen molar-refractivity contribution >= 4 is 36.0 Å². The number of nitrogens with one attached hydrogen (secondary N) is 2. The van der Waals surface area contributed by atoms with Crippen LogP contribution in [0.15, 0.2) is 39.8 Å². The zero-order valence-corrected chi connectivity index (χ0v) is 21.5. The van der Waals surface area contributed by atoms with E-state index < -0.39 is 5.60 Å². The molecule has 0 unspecified atom stereocenters. The number of guanidine groups is 1. The molecule has 9 heteroatoms. The maximum atomic E-state index is 12.1. The number of carbonyl (C=O) groups excluding carboxylic acids is 1. The molecule has 2 aromatic rings. The summed E-state index contributed by atoms with van der Waals surface area (Å²) >= 11 is 0. The number of aromatic nitrogens is 1. The highest BCUT2D eigenvalue weighted by Crippen LogP contribution is 2.12. The molecule has 1 aromatic heterocycles. The fourth-order valence-corrected chi connectivity index (χ4v) is 2.62. The second-order valence-electron chi connectivity index (χ2n) is 8.07. The minimum Gasteiger partial charge on any atom is -0.444 e. The third-order valence-electron chi connectivity index (χ3n) is 4.23. The maximum absolute atomic E-state index is 12.1. The molecule has 1 heterocycles. The average Bonchev–Trinajstić information content (AvgIpc) is 3.16. The topological polar surface area (TPSA) is 92.0 Å². The van der Waals surface area contributed by atoms with Crippen LogP contribution in [0, 0.1) is 0 Å². The number of nitrogens with zero attached hydrogens (tertiary/aromatic N) is 3. The summed E-state index contributed by atoms with van der Waals surface area (Å²) in [6.45, 7) is 9.24. The SMILES string of the molecule is CCc1cc(CNC(=NC)NCc2ccc(CN(C)C(=O)OC(C)(C)C)cc2)on1.I. The van der Waals surface area contributed by atoms with Crippen molar-refractivity contribution in [2.45, 2.75) is 59.4 Å². The zero-order chi connectivity index (χ0) is 22.1. The summed E-state index contributed by atoms with van der Waals surface area (Å²) in [6.07, 6.45) is 0.515. The summed E-state index contributed by atoms with van der Waals surface area (Å²) in [5, 5.41) is 10.5. The van der Waals surface area contributed by atoms with Crippen LogP contribution in [0.1, 0.15) is 50.3 Å². The second kappa shape index (κ2) is 12.5. The molecule has 1 amide bonds. The lowest BCUT2D eigenvalue weighted by Gasteiger charge is -2.24. The molecule has 2 N–H and O–H groups in total. The van der Waals surface area contributed by atoms with Gasteiger partial charge in [0.05, 0.1) is 12.2 Å². The molecular formula is C22H34IN5O3.